The van der Waals surface area contributed by atoms with E-state index in [-0.39, 0.29) is 48.3 Å². The summed E-state index contributed by atoms with van der Waals surface area (Å²) < 4.78 is 11.7. The number of Topliss-reactive ketones (excluding diaryl/α,β-unsaturated/α-hetero) is 2. The molecule has 6 heteroatoms. The van der Waals surface area contributed by atoms with E-state index < -0.39 is 28.3 Å². The molecule has 0 aromatic rings. The van der Waals surface area contributed by atoms with Gasteiger partial charge in [0.05, 0.1) is 23.5 Å². The third-order valence-corrected chi connectivity index (χ3v) is 8.37. The SMILES string of the molecule is C=C1[C@@H]2CC[C@H]3[C@]45CO[C@H](CC4=O)C(C)(C)C5=C(O)C(=O)[C@]3(C2)[C@@H]1OC(C)=O. The van der Waals surface area contributed by atoms with E-state index >= 15 is 0 Å². The zero-order valence-corrected chi connectivity index (χ0v) is 16.5. The van der Waals surface area contributed by atoms with E-state index in [9.17, 15) is 19.5 Å². The standard InChI is InChI=1S/C22H26O6/c1-10-12-5-6-13-21(8-12,19(10)28-11(2)23)18(26)16(25)17-20(3,4)15-7-14(24)22(13,17)9-27-15/h12-13,15,19,25H,1,5-9H2,2-4H3/t12-,13-,15-,19-,21-,22-/m1/s1. The zero-order chi connectivity index (χ0) is 20.2. The average molecular weight is 386 g/mol. The monoisotopic (exact) mass is 386 g/mol. The molecule has 4 bridgehead atoms. The molecule has 6 atom stereocenters. The summed E-state index contributed by atoms with van der Waals surface area (Å²) in [5.74, 6) is -1.44. The molecule has 2 spiro atoms. The van der Waals surface area contributed by atoms with Crippen LogP contribution in [0.3, 0.4) is 0 Å². The topological polar surface area (TPSA) is 89.9 Å². The van der Waals surface area contributed by atoms with Crippen molar-refractivity contribution in [3.8, 4) is 0 Å². The van der Waals surface area contributed by atoms with Crippen LogP contribution in [0.15, 0.2) is 23.5 Å². The number of carbonyl (C=O) groups is 3. The van der Waals surface area contributed by atoms with Gasteiger partial charge in [-0.2, -0.15) is 0 Å². The lowest BCUT2D eigenvalue weighted by molar-refractivity contribution is -0.201. The van der Waals surface area contributed by atoms with Gasteiger partial charge in [0.1, 0.15) is 11.9 Å². The fourth-order valence-corrected chi connectivity index (χ4v) is 7.28. The summed E-state index contributed by atoms with van der Waals surface area (Å²) >= 11 is 0. The molecule has 1 N–H and O–H groups in total. The first-order chi connectivity index (χ1) is 13.1. The fraction of sp³-hybridized carbons (Fsp3) is 0.682. The molecule has 2 heterocycles. The van der Waals surface area contributed by atoms with E-state index in [0.29, 0.717) is 18.4 Å². The minimum Gasteiger partial charge on any atom is -0.504 e. The molecule has 0 amide bonds. The van der Waals surface area contributed by atoms with E-state index in [2.05, 4.69) is 6.58 Å². The van der Waals surface area contributed by atoms with Gasteiger partial charge in [-0.25, -0.2) is 0 Å². The highest BCUT2D eigenvalue weighted by Crippen LogP contribution is 2.71. The van der Waals surface area contributed by atoms with Crippen molar-refractivity contribution in [2.45, 2.75) is 58.7 Å². The molecule has 4 aliphatic carbocycles. The number of rotatable bonds is 1. The molecular weight excluding hydrogens is 360 g/mol. The Morgan fingerprint density at radius 2 is 2.00 bits per heavy atom. The Morgan fingerprint density at radius 3 is 2.64 bits per heavy atom. The Bertz CT molecular complexity index is 881. The number of ether oxygens (including phenoxy) is 2. The van der Waals surface area contributed by atoms with Crippen molar-refractivity contribution < 1.29 is 29.0 Å². The first-order valence-corrected chi connectivity index (χ1v) is 10.1. The van der Waals surface area contributed by atoms with Crippen LogP contribution in [0, 0.1) is 28.1 Å². The molecule has 0 aromatic carbocycles. The average Bonchev–Trinajstić information content (AvgIpc) is 2.82. The minimum absolute atomic E-state index is 0.0408. The molecule has 0 aromatic heterocycles. The highest BCUT2D eigenvalue weighted by atomic mass is 16.5. The zero-order valence-electron chi connectivity index (χ0n) is 16.5. The number of carbonyl (C=O) groups excluding carboxylic acids is 3. The molecule has 3 saturated carbocycles. The fourth-order valence-electron chi connectivity index (χ4n) is 7.28. The molecule has 0 radical (unpaired) electrons. The second-order valence-corrected chi connectivity index (χ2v) is 9.81. The van der Waals surface area contributed by atoms with Crippen molar-refractivity contribution in [1.82, 2.24) is 0 Å². The van der Waals surface area contributed by atoms with Gasteiger partial charge in [0.15, 0.2) is 5.76 Å². The van der Waals surface area contributed by atoms with Gasteiger partial charge in [-0.1, -0.05) is 20.4 Å². The van der Waals surface area contributed by atoms with E-state index in [1.54, 1.807) is 0 Å². The van der Waals surface area contributed by atoms with Crippen molar-refractivity contribution in [3.63, 3.8) is 0 Å². The van der Waals surface area contributed by atoms with Crippen molar-refractivity contribution >= 4 is 17.5 Å². The van der Waals surface area contributed by atoms with Gasteiger partial charge in [0.25, 0.3) is 0 Å². The van der Waals surface area contributed by atoms with E-state index in [1.165, 1.54) is 6.92 Å². The molecule has 2 saturated heterocycles. The van der Waals surface area contributed by atoms with Crippen LogP contribution in [0.4, 0.5) is 0 Å². The van der Waals surface area contributed by atoms with Crippen LogP contribution in [-0.4, -0.2) is 41.5 Å². The van der Waals surface area contributed by atoms with Crippen LogP contribution in [0.25, 0.3) is 0 Å². The van der Waals surface area contributed by atoms with Crippen LogP contribution >= 0.6 is 0 Å². The highest BCUT2D eigenvalue weighted by Gasteiger charge is 2.76. The van der Waals surface area contributed by atoms with Crippen LogP contribution in [0.1, 0.15) is 46.5 Å². The second kappa shape index (κ2) is 5.15. The molecule has 6 nitrogen and oxygen atoms in total. The maximum absolute atomic E-state index is 13.7. The highest BCUT2D eigenvalue weighted by molar-refractivity contribution is 6.06. The van der Waals surface area contributed by atoms with Crippen LogP contribution in [-0.2, 0) is 23.9 Å². The van der Waals surface area contributed by atoms with Crippen molar-refractivity contribution in [3.05, 3.63) is 23.5 Å². The van der Waals surface area contributed by atoms with Gasteiger partial charge in [-0.05, 0) is 42.2 Å². The largest absolute Gasteiger partial charge is 0.504 e. The number of esters is 1. The minimum atomic E-state index is -1.13. The smallest absolute Gasteiger partial charge is 0.303 e. The maximum atomic E-state index is 13.7. The number of allylic oxidation sites excluding steroid dienone is 1. The van der Waals surface area contributed by atoms with E-state index in [4.69, 9.17) is 9.47 Å². The predicted molar refractivity (Wildman–Crippen MR) is 98.2 cm³/mol. The summed E-state index contributed by atoms with van der Waals surface area (Å²) in [6, 6.07) is 0. The Balaban J connectivity index is 1.80. The van der Waals surface area contributed by atoms with Gasteiger partial charge < -0.3 is 14.6 Å². The van der Waals surface area contributed by atoms with Crippen molar-refractivity contribution in [2.24, 2.45) is 28.1 Å². The lowest BCUT2D eigenvalue weighted by Gasteiger charge is -2.63. The normalized spacial score (nSPS) is 45.8. The third kappa shape index (κ3) is 1.73. The van der Waals surface area contributed by atoms with Crippen LogP contribution in [0.5, 0.6) is 0 Å². The molecular formula is C22H26O6. The number of ketones is 2. The summed E-state index contributed by atoms with van der Waals surface area (Å²) in [5, 5.41) is 11.2. The molecule has 6 rings (SSSR count). The lowest BCUT2D eigenvalue weighted by Crippen LogP contribution is -2.70. The van der Waals surface area contributed by atoms with E-state index in [0.717, 1.165) is 12.0 Å². The number of hydrogen-bond donors (Lipinski definition) is 1. The Labute approximate surface area is 164 Å². The Morgan fingerprint density at radius 1 is 1.29 bits per heavy atom. The van der Waals surface area contributed by atoms with Gasteiger partial charge >= 0.3 is 5.97 Å². The Kier molecular flexibility index (Phi) is 3.33. The first-order valence-electron chi connectivity index (χ1n) is 10.1. The Hall–Kier alpha value is -1.95. The van der Waals surface area contributed by atoms with Crippen LogP contribution in [0.2, 0.25) is 0 Å². The summed E-state index contributed by atoms with van der Waals surface area (Å²) in [6.07, 6.45) is 1.06. The number of aliphatic hydroxyl groups is 1. The summed E-state index contributed by atoms with van der Waals surface area (Å²) in [7, 11) is 0. The number of fused-ring (bicyclic) bond motifs is 3. The molecule has 6 aliphatic rings. The number of hydrogen-bond acceptors (Lipinski definition) is 6. The van der Waals surface area contributed by atoms with Gasteiger partial charge in [-0.15, -0.1) is 0 Å². The second-order valence-electron chi connectivity index (χ2n) is 9.81. The van der Waals surface area contributed by atoms with Gasteiger partial charge in [-0.3, -0.25) is 14.4 Å². The summed E-state index contributed by atoms with van der Waals surface area (Å²) in [5.41, 5.74) is -1.47. The predicted octanol–water partition coefficient (Wildman–Crippen LogP) is 2.67. The van der Waals surface area contributed by atoms with E-state index in [1.807, 2.05) is 13.8 Å². The van der Waals surface area contributed by atoms with Gasteiger partial charge in [0.2, 0.25) is 5.78 Å². The molecule has 150 valence electrons. The molecule has 28 heavy (non-hydrogen) atoms. The third-order valence-electron chi connectivity index (χ3n) is 8.37. The summed E-state index contributed by atoms with van der Waals surface area (Å²) in [6.45, 7) is 9.53. The maximum Gasteiger partial charge on any atom is 0.303 e. The number of aliphatic hydroxyl groups excluding tert-OH is 1. The summed E-state index contributed by atoms with van der Waals surface area (Å²) in [4.78, 5) is 39.0. The van der Waals surface area contributed by atoms with Gasteiger partial charge in [0, 0.05) is 18.8 Å². The quantitative estimate of drug-likeness (QED) is 0.550. The molecule has 2 aliphatic heterocycles. The lowest BCUT2D eigenvalue weighted by atomic mass is 9.41. The molecule has 0 unspecified atom stereocenters. The van der Waals surface area contributed by atoms with Crippen molar-refractivity contribution in [1.29, 1.82) is 0 Å². The first kappa shape index (κ1) is 18.1. The van der Waals surface area contributed by atoms with Crippen molar-refractivity contribution in [2.75, 3.05) is 6.61 Å². The van der Waals surface area contributed by atoms with Crippen LogP contribution < -0.4 is 0 Å². The molecule has 5 fully saturated rings.